The van der Waals surface area contributed by atoms with Crippen LogP contribution in [0.5, 0.6) is 0 Å². The number of rotatable bonds is 7. The largest absolute Gasteiger partial charge is 0.413 e. The van der Waals surface area contributed by atoms with E-state index in [1.165, 1.54) is 0 Å². The lowest BCUT2D eigenvalue weighted by molar-refractivity contribution is 0.327. The highest BCUT2D eigenvalue weighted by molar-refractivity contribution is 9.11. The van der Waals surface area contributed by atoms with Gasteiger partial charge in [0.05, 0.1) is 6.61 Å². The molecule has 0 aromatic carbocycles. The van der Waals surface area contributed by atoms with Crippen LogP contribution >= 0.6 is 15.9 Å². The van der Waals surface area contributed by atoms with E-state index in [2.05, 4.69) is 75.4 Å². The highest BCUT2D eigenvalue weighted by atomic mass is 79.9. The maximum absolute atomic E-state index is 6.08. The van der Waals surface area contributed by atoms with E-state index in [1.807, 2.05) is 0 Å². The summed E-state index contributed by atoms with van der Waals surface area (Å²) in [6.45, 7) is 18.3. The van der Waals surface area contributed by atoms with Gasteiger partial charge in [-0.15, -0.1) is 0 Å². The molecule has 0 aromatic rings. The third-order valence-corrected chi connectivity index (χ3v) is 8.45. The summed E-state index contributed by atoms with van der Waals surface area (Å²) in [5.74, 6) is 0.640. The molecule has 0 N–H and O–H groups in total. The minimum Gasteiger partial charge on any atom is -0.413 e. The zero-order chi connectivity index (χ0) is 14.4. The number of hydrogen-bond donors (Lipinski definition) is 0. The molecular formula is C15H29BrOSi. The van der Waals surface area contributed by atoms with E-state index < -0.39 is 8.32 Å². The van der Waals surface area contributed by atoms with Gasteiger partial charge < -0.3 is 4.43 Å². The summed E-state index contributed by atoms with van der Waals surface area (Å²) < 4.78 is 7.17. The zero-order valence-electron chi connectivity index (χ0n) is 12.8. The van der Waals surface area contributed by atoms with Crippen molar-refractivity contribution in [1.29, 1.82) is 0 Å². The van der Waals surface area contributed by atoms with E-state index >= 15 is 0 Å². The van der Waals surface area contributed by atoms with E-state index in [0.29, 0.717) is 11.0 Å². The van der Waals surface area contributed by atoms with Crippen molar-refractivity contribution in [1.82, 2.24) is 0 Å². The van der Waals surface area contributed by atoms with Crippen LogP contribution in [-0.2, 0) is 4.43 Å². The molecule has 0 saturated heterocycles. The van der Waals surface area contributed by atoms with E-state index in [1.54, 1.807) is 0 Å². The molecule has 0 unspecified atom stereocenters. The van der Waals surface area contributed by atoms with E-state index in [9.17, 15) is 0 Å². The fourth-order valence-corrected chi connectivity index (χ4v) is 2.83. The van der Waals surface area contributed by atoms with E-state index in [-0.39, 0.29) is 0 Å². The van der Waals surface area contributed by atoms with Gasteiger partial charge in [0.1, 0.15) is 0 Å². The number of halogens is 1. The lowest BCUT2D eigenvalue weighted by Crippen LogP contribution is -2.40. The molecule has 0 spiro atoms. The Hall–Kier alpha value is 0.137. The smallest absolute Gasteiger partial charge is 0.192 e. The molecular weight excluding hydrogens is 304 g/mol. The second-order valence-corrected chi connectivity index (χ2v) is 12.5. The minimum absolute atomic E-state index is 0.293. The molecule has 1 atom stereocenters. The molecule has 3 heteroatoms. The van der Waals surface area contributed by atoms with Crippen molar-refractivity contribution in [3.05, 3.63) is 23.2 Å². The van der Waals surface area contributed by atoms with Gasteiger partial charge in [-0.2, -0.15) is 0 Å². The lowest BCUT2D eigenvalue weighted by atomic mass is 10.0. The SMILES string of the molecule is C=C(Br)C[C@@H](C)C/C=C/CO[Si](C)(C)C(C)(C)C. The Morgan fingerprint density at radius 3 is 2.33 bits per heavy atom. The van der Waals surface area contributed by atoms with Crippen LogP contribution < -0.4 is 0 Å². The maximum Gasteiger partial charge on any atom is 0.192 e. The number of hydrogen-bond acceptors (Lipinski definition) is 1. The van der Waals surface area contributed by atoms with Crippen molar-refractivity contribution < 1.29 is 4.43 Å². The second-order valence-electron chi connectivity index (χ2n) is 6.60. The van der Waals surface area contributed by atoms with Crippen molar-refractivity contribution >= 4 is 24.2 Å². The van der Waals surface area contributed by atoms with Crippen LogP contribution in [0.4, 0.5) is 0 Å². The van der Waals surface area contributed by atoms with Gasteiger partial charge in [-0.1, -0.05) is 62.4 Å². The highest BCUT2D eigenvalue weighted by Crippen LogP contribution is 2.36. The summed E-state index contributed by atoms with van der Waals surface area (Å²) in [6, 6.07) is 0. The average Bonchev–Trinajstić information content (AvgIpc) is 2.13. The first-order valence-electron chi connectivity index (χ1n) is 6.68. The predicted octanol–water partition coefficient (Wildman–Crippen LogP) is 5.89. The first-order chi connectivity index (χ1) is 8.06. The summed E-state index contributed by atoms with van der Waals surface area (Å²) in [6.07, 6.45) is 6.51. The molecule has 0 fully saturated rings. The highest BCUT2D eigenvalue weighted by Gasteiger charge is 2.36. The van der Waals surface area contributed by atoms with Gasteiger partial charge in [0.2, 0.25) is 0 Å². The third-order valence-electron chi connectivity index (χ3n) is 3.62. The van der Waals surface area contributed by atoms with Crippen LogP contribution in [0.3, 0.4) is 0 Å². The molecule has 0 radical (unpaired) electrons. The molecule has 1 nitrogen and oxygen atoms in total. The summed E-state index contributed by atoms with van der Waals surface area (Å²) in [7, 11) is -1.58. The van der Waals surface area contributed by atoms with Gasteiger partial charge in [0.25, 0.3) is 0 Å². The molecule has 0 aliphatic rings. The fourth-order valence-electron chi connectivity index (χ4n) is 1.33. The molecule has 0 aromatic heterocycles. The first kappa shape index (κ1) is 18.1. The van der Waals surface area contributed by atoms with Crippen molar-refractivity contribution in [3.63, 3.8) is 0 Å². The Kier molecular flexibility index (Phi) is 7.72. The van der Waals surface area contributed by atoms with Gasteiger partial charge in [0, 0.05) is 0 Å². The Labute approximate surface area is 123 Å². The van der Waals surface area contributed by atoms with Crippen LogP contribution in [0.25, 0.3) is 0 Å². The fraction of sp³-hybridized carbons (Fsp3) is 0.733. The number of allylic oxidation sites excluding steroid dienone is 2. The quantitative estimate of drug-likeness (QED) is 0.417. The summed E-state index contributed by atoms with van der Waals surface area (Å²) >= 11 is 3.41. The van der Waals surface area contributed by atoms with Crippen LogP contribution in [0, 0.1) is 5.92 Å². The lowest BCUT2D eigenvalue weighted by Gasteiger charge is -2.35. The Balaban J connectivity index is 3.95. The van der Waals surface area contributed by atoms with Crippen LogP contribution in [0.15, 0.2) is 23.2 Å². The second kappa shape index (κ2) is 7.66. The molecule has 0 aliphatic carbocycles. The van der Waals surface area contributed by atoms with Gasteiger partial charge in [-0.25, -0.2) is 0 Å². The van der Waals surface area contributed by atoms with Crippen molar-refractivity contribution in [2.75, 3.05) is 6.61 Å². The Bertz CT molecular complexity index is 289. The third kappa shape index (κ3) is 7.55. The molecule has 0 saturated carbocycles. The molecule has 0 amide bonds. The van der Waals surface area contributed by atoms with Gasteiger partial charge >= 0.3 is 0 Å². The van der Waals surface area contributed by atoms with Crippen molar-refractivity contribution in [2.24, 2.45) is 5.92 Å². The van der Waals surface area contributed by atoms with E-state index in [4.69, 9.17) is 4.43 Å². The molecule has 0 aliphatic heterocycles. The van der Waals surface area contributed by atoms with Crippen molar-refractivity contribution in [2.45, 2.75) is 58.7 Å². The summed E-state index contributed by atoms with van der Waals surface area (Å²) in [4.78, 5) is 0. The Morgan fingerprint density at radius 1 is 1.33 bits per heavy atom. The molecule has 106 valence electrons. The zero-order valence-corrected chi connectivity index (χ0v) is 15.4. The van der Waals surface area contributed by atoms with Crippen LogP contribution in [0.2, 0.25) is 18.1 Å². The first-order valence-corrected chi connectivity index (χ1v) is 10.4. The normalized spacial score (nSPS) is 15.1. The summed E-state index contributed by atoms with van der Waals surface area (Å²) in [5.41, 5.74) is 0. The van der Waals surface area contributed by atoms with E-state index in [0.717, 1.165) is 23.9 Å². The van der Waals surface area contributed by atoms with Crippen LogP contribution in [-0.4, -0.2) is 14.9 Å². The van der Waals surface area contributed by atoms with Crippen LogP contribution in [0.1, 0.15) is 40.5 Å². The Morgan fingerprint density at radius 2 is 1.89 bits per heavy atom. The average molecular weight is 333 g/mol. The van der Waals surface area contributed by atoms with Gasteiger partial charge in [-0.05, 0) is 41.4 Å². The van der Waals surface area contributed by atoms with Gasteiger partial charge in [0.15, 0.2) is 8.32 Å². The maximum atomic E-state index is 6.08. The molecule has 0 bridgehead atoms. The molecule has 0 rings (SSSR count). The minimum atomic E-state index is -1.58. The molecule has 18 heavy (non-hydrogen) atoms. The summed E-state index contributed by atoms with van der Waals surface area (Å²) in [5, 5.41) is 0.293. The molecule has 0 heterocycles. The topological polar surface area (TPSA) is 9.23 Å². The van der Waals surface area contributed by atoms with Gasteiger partial charge in [-0.3, -0.25) is 0 Å². The van der Waals surface area contributed by atoms with Crippen molar-refractivity contribution in [3.8, 4) is 0 Å². The monoisotopic (exact) mass is 332 g/mol. The predicted molar refractivity (Wildman–Crippen MR) is 88.8 cm³/mol. The standard InChI is InChI=1S/C15H29BrOSi/c1-13(12-14(2)16)10-8-9-11-17-18(6,7)15(3,4)5/h8-9,13H,2,10-12H2,1,3-7H3/b9-8+/t13-/m0/s1.